The highest BCUT2D eigenvalue weighted by atomic mass is 16.6. The summed E-state index contributed by atoms with van der Waals surface area (Å²) in [6.07, 6.45) is -1.49. The van der Waals surface area contributed by atoms with Gasteiger partial charge in [0.05, 0.1) is 14.2 Å². The van der Waals surface area contributed by atoms with E-state index in [1.807, 2.05) is 30.3 Å². The number of ether oxygens (including phenoxy) is 4. The molecule has 0 spiro atoms. The lowest BCUT2D eigenvalue weighted by atomic mass is 10.0. The van der Waals surface area contributed by atoms with Gasteiger partial charge in [0.25, 0.3) is 0 Å². The van der Waals surface area contributed by atoms with Crippen LogP contribution in [0.15, 0.2) is 48.5 Å². The first-order chi connectivity index (χ1) is 12.6. The first-order valence-electron chi connectivity index (χ1n) is 8.02. The molecular formula is C19H19NO6. The van der Waals surface area contributed by atoms with Gasteiger partial charge in [0.1, 0.15) is 6.61 Å². The van der Waals surface area contributed by atoms with Gasteiger partial charge in [0, 0.05) is 0 Å². The van der Waals surface area contributed by atoms with E-state index in [0.717, 1.165) is 5.56 Å². The van der Waals surface area contributed by atoms with Gasteiger partial charge in [-0.3, -0.25) is 0 Å². The number of alkyl carbamates (subject to hydrolysis) is 1. The fourth-order valence-corrected chi connectivity index (χ4v) is 2.71. The van der Waals surface area contributed by atoms with Crippen molar-refractivity contribution in [3.63, 3.8) is 0 Å². The van der Waals surface area contributed by atoms with Crippen molar-refractivity contribution in [2.75, 3.05) is 14.2 Å². The molecule has 1 heterocycles. The maximum Gasteiger partial charge on any atom is 0.408 e. The van der Waals surface area contributed by atoms with Crippen molar-refractivity contribution in [1.29, 1.82) is 0 Å². The normalized spacial score (nSPS) is 18.6. The average Bonchev–Trinajstić information content (AvgIpc) is 3.08. The molecule has 26 heavy (non-hydrogen) atoms. The number of cyclic esters (lactones) is 1. The van der Waals surface area contributed by atoms with Crippen LogP contribution >= 0.6 is 0 Å². The van der Waals surface area contributed by atoms with E-state index in [9.17, 15) is 9.59 Å². The maximum absolute atomic E-state index is 12.5. The van der Waals surface area contributed by atoms with E-state index in [0.29, 0.717) is 17.1 Å². The summed E-state index contributed by atoms with van der Waals surface area (Å²) in [6, 6.07) is 13.4. The minimum absolute atomic E-state index is 0.116. The second kappa shape index (κ2) is 7.77. The summed E-state index contributed by atoms with van der Waals surface area (Å²) in [5, 5.41) is 2.50. The molecule has 3 rings (SSSR count). The highest BCUT2D eigenvalue weighted by Gasteiger charge is 2.41. The molecule has 7 heteroatoms. The third-order valence-electron chi connectivity index (χ3n) is 4.02. The molecule has 1 N–H and O–H groups in total. The molecule has 1 saturated heterocycles. The van der Waals surface area contributed by atoms with Crippen LogP contribution in [0.4, 0.5) is 4.79 Å². The number of methoxy groups -OCH3 is 2. The summed E-state index contributed by atoms with van der Waals surface area (Å²) >= 11 is 0. The van der Waals surface area contributed by atoms with Crippen LogP contribution in [0.5, 0.6) is 11.5 Å². The lowest BCUT2D eigenvalue weighted by Gasteiger charge is -2.18. The third kappa shape index (κ3) is 3.72. The van der Waals surface area contributed by atoms with Gasteiger partial charge in [-0.2, -0.15) is 0 Å². The van der Waals surface area contributed by atoms with Crippen molar-refractivity contribution < 1.29 is 28.5 Å². The molecule has 1 aliphatic rings. The quantitative estimate of drug-likeness (QED) is 0.800. The van der Waals surface area contributed by atoms with Gasteiger partial charge >= 0.3 is 12.1 Å². The minimum atomic E-state index is -0.940. The van der Waals surface area contributed by atoms with Gasteiger partial charge in [-0.1, -0.05) is 36.4 Å². The number of carbonyl (C=O) groups excluding carboxylic acids is 2. The highest BCUT2D eigenvalue weighted by molar-refractivity contribution is 5.85. The Morgan fingerprint density at radius 1 is 1.08 bits per heavy atom. The van der Waals surface area contributed by atoms with Gasteiger partial charge in [-0.05, 0) is 23.3 Å². The van der Waals surface area contributed by atoms with E-state index in [1.54, 1.807) is 18.2 Å². The molecule has 1 aliphatic heterocycles. The van der Waals surface area contributed by atoms with Crippen molar-refractivity contribution >= 4 is 12.1 Å². The summed E-state index contributed by atoms with van der Waals surface area (Å²) in [6.45, 7) is 0.116. The molecule has 136 valence electrons. The predicted octanol–water partition coefficient (Wildman–Crippen LogP) is 2.60. The van der Waals surface area contributed by atoms with Gasteiger partial charge in [-0.15, -0.1) is 0 Å². The Bertz CT molecular complexity index is 792. The molecule has 2 atom stereocenters. The average molecular weight is 357 g/mol. The van der Waals surface area contributed by atoms with Crippen molar-refractivity contribution in [3.8, 4) is 11.5 Å². The van der Waals surface area contributed by atoms with Crippen LogP contribution in [0, 0.1) is 0 Å². The number of esters is 1. The molecule has 0 aromatic heterocycles. The molecule has 2 unspecified atom stereocenters. The zero-order chi connectivity index (χ0) is 18.5. The molecule has 1 fully saturated rings. The van der Waals surface area contributed by atoms with Crippen LogP contribution in [-0.2, 0) is 20.9 Å². The van der Waals surface area contributed by atoms with Gasteiger partial charge in [0.15, 0.2) is 23.6 Å². The second-order valence-electron chi connectivity index (χ2n) is 5.66. The summed E-state index contributed by atoms with van der Waals surface area (Å²) in [4.78, 5) is 24.1. The smallest absolute Gasteiger partial charge is 0.408 e. The minimum Gasteiger partial charge on any atom is -0.493 e. The van der Waals surface area contributed by atoms with E-state index < -0.39 is 24.2 Å². The Labute approximate surface area is 150 Å². The highest BCUT2D eigenvalue weighted by Crippen LogP contribution is 2.34. The Morgan fingerprint density at radius 3 is 2.50 bits per heavy atom. The van der Waals surface area contributed by atoms with E-state index in [2.05, 4.69) is 5.32 Å². The summed E-state index contributed by atoms with van der Waals surface area (Å²) < 4.78 is 21.0. The largest absolute Gasteiger partial charge is 0.493 e. The summed E-state index contributed by atoms with van der Waals surface area (Å²) in [5.41, 5.74) is 1.46. The molecule has 2 aromatic rings. The lowest BCUT2D eigenvalue weighted by molar-refractivity contribution is -0.148. The van der Waals surface area contributed by atoms with Crippen molar-refractivity contribution in [1.82, 2.24) is 5.32 Å². The van der Waals surface area contributed by atoms with Crippen molar-refractivity contribution in [2.45, 2.75) is 18.8 Å². The Hall–Kier alpha value is -3.22. The third-order valence-corrected chi connectivity index (χ3v) is 4.02. The molecule has 0 saturated carbocycles. The molecular weight excluding hydrogens is 338 g/mol. The zero-order valence-corrected chi connectivity index (χ0v) is 14.4. The van der Waals surface area contributed by atoms with Gasteiger partial charge in [0.2, 0.25) is 0 Å². The van der Waals surface area contributed by atoms with E-state index >= 15 is 0 Å². The second-order valence-corrected chi connectivity index (χ2v) is 5.66. The van der Waals surface area contributed by atoms with Crippen LogP contribution < -0.4 is 14.8 Å². The van der Waals surface area contributed by atoms with Crippen LogP contribution in [0.2, 0.25) is 0 Å². The monoisotopic (exact) mass is 357 g/mol. The Morgan fingerprint density at radius 2 is 1.81 bits per heavy atom. The molecule has 0 radical (unpaired) electrons. The standard InChI is InChI=1S/C19H19NO6/c1-23-14-9-8-13(10-15(14)24-2)17-16(20-19(22)26-17)18(21)25-11-12-6-4-3-5-7-12/h3-10,16-17H,11H2,1-2H3,(H,20,22). The van der Waals surface area contributed by atoms with Crippen LogP contribution in [0.1, 0.15) is 17.2 Å². The number of hydrogen-bond acceptors (Lipinski definition) is 6. The fourth-order valence-electron chi connectivity index (χ4n) is 2.71. The fraction of sp³-hybridized carbons (Fsp3) is 0.263. The Balaban J connectivity index is 1.76. The van der Waals surface area contributed by atoms with Gasteiger partial charge < -0.3 is 24.3 Å². The predicted molar refractivity (Wildman–Crippen MR) is 91.9 cm³/mol. The molecule has 0 bridgehead atoms. The van der Waals surface area contributed by atoms with Gasteiger partial charge in [-0.25, -0.2) is 9.59 Å². The van der Waals surface area contributed by atoms with E-state index in [1.165, 1.54) is 14.2 Å². The number of nitrogens with one attached hydrogen (secondary N) is 1. The maximum atomic E-state index is 12.5. The number of hydrogen-bond donors (Lipinski definition) is 1. The van der Waals surface area contributed by atoms with E-state index in [-0.39, 0.29) is 6.61 Å². The van der Waals surface area contributed by atoms with Crippen LogP contribution in [0.25, 0.3) is 0 Å². The Kier molecular flexibility index (Phi) is 5.26. The number of rotatable bonds is 6. The van der Waals surface area contributed by atoms with E-state index in [4.69, 9.17) is 18.9 Å². The van der Waals surface area contributed by atoms with Crippen LogP contribution in [-0.4, -0.2) is 32.3 Å². The molecule has 2 aromatic carbocycles. The first kappa shape index (κ1) is 17.6. The van der Waals surface area contributed by atoms with Crippen LogP contribution in [0.3, 0.4) is 0 Å². The molecule has 0 aliphatic carbocycles. The number of amides is 1. The molecule has 7 nitrogen and oxygen atoms in total. The number of benzene rings is 2. The summed E-state index contributed by atoms with van der Waals surface area (Å²) in [5.74, 6) is 0.445. The lowest BCUT2D eigenvalue weighted by Crippen LogP contribution is -2.37. The SMILES string of the molecule is COc1ccc(C2OC(=O)NC2C(=O)OCc2ccccc2)cc1OC. The topological polar surface area (TPSA) is 83.1 Å². The summed E-state index contributed by atoms with van der Waals surface area (Å²) in [7, 11) is 3.03. The van der Waals surface area contributed by atoms with Crippen molar-refractivity contribution in [3.05, 3.63) is 59.7 Å². The zero-order valence-electron chi connectivity index (χ0n) is 14.4. The van der Waals surface area contributed by atoms with Crippen molar-refractivity contribution in [2.24, 2.45) is 0 Å². The molecule has 1 amide bonds. The first-order valence-corrected chi connectivity index (χ1v) is 8.02. The number of carbonyl (C=O) groups is 2.